The molecule has 0 N–H and O–H groups in total. The Morgan fingerprint density at radius 3 is 2.85 bits per heavy atom. The molecule has 1 heteroatoms. The van der Waals surface area contributed by atoms with Gasteiger partial charge in [-0.15, -0.1) is 0 Å². The molecule has 0 spiro atoms. The summed E-state index contributed by atoms with van der Waals surface area (Å²) in [4.78, 5) is 4.42. The van der Waals surface area contributed by atoms with Crippen molar-refractivity contribution in [2.45, 2.75) is 39.5 Å². The lowest BCUT2D eigenvalue weighted by Gasteiger charge is -2.27. The molecule has 0 fully saturated rings. The van der Waals surface area contributed by atoms with Crippen LogP contribution in [0, 0.1) is 5.41 Å². The molecule has 1 aromatic heterocycles. The molecule has 0 amide bonds. The molecule has 0 radical (unpaired) electrons. The molecule has 1 nitrogen and oxygen atoms in total. The highest BCUT2D eigenvalue weighted by molar-refractivity contribution is 5.30. The summed E-state index contributed by atoms with van der Waals surface area (Å²) in [6.45, 7) is 6.96. The van der Waals surface area contributed by atoms with E-state index in [0.717, 1.165) is 6.42 Å². The molecule has 70 valence electrons. The fourth-order valence-electron chi connectivity index (χ4n) is 2.31. The van der Waals surface area contributed by atoms with E-state index in [1.165, 1.54) is 17.7 Å². The van der Waals surface area contributed by atoms with E-state index >= 15 is 0 Å². The van der Waals surface area contributed by atoms with Gasteiger partial charge < -0.3 is 0 Å². The molecule has 1 aliphatic rings. The Morgan fingerprint density at radius 1 is 1.38 bits per heavy atom. The topological polar surface area (TPSA) is 12.9 Å². The molecular formula is C12H17N. The minimum Gasteiger partial charge on any atom is -0.261 e. The highest BCUT2D eigenvalue weighted by Gasteiger charge is 2.32. The fraction of sp³-hybridized carbons (Fsp3) is 0.583. The molecule has 1 atom stereocenters. The summed E-state index contributed by atoms with van der Waals surface area (Å²) >= 11 is 0. The first-order chi connectivity index (χ1) is 6.09. The van der Waals surface area contributed by atoms with Gasteiger partial charge in [0, 0.05) is 11.9 Å². The lowest BCUT2D eigenvalue weighted by atomic mass is 9.78. The third-order valence-corrected chi connectivity index (χ3v) is 3.02. The quantitative estimate of drug-likeness (QED) is 0.590. The van der Waals surface area contributed by atoms with Gasteiger partial charge in [-0.25, -0.2) is 0 Å². The van der Waals surface area contributed by atoms with Crippen LogP contribution in [0.4, 0.5) is 0 Å². The average molecular weight is 175 g/mol. The zero-order chi connectivity index (χ0) is 9.47. The van der Waals surface area contributed by atoms with Crippen LogP contribution in [-0.2, 0) is 6.42 Å². The molecule has 0 aliphatic heterocycles. The first kappa shape index (κ1) is 8.74. The molecule has 0 unspecified atom stereocenters. The number of rotatable bonds is 0. The number of fused-ring (bicyclic) bond motifs is 1. The summed E-state index contributed by atoms with van der Waals surface area (Å²) in [6, 6.07) is 4.30. The first-order valence-electron chi connectivity index (χ1n) is 5.03. The molecule has 0 aromatic carbocycles. The van der Waals surface area contributed by atoms with Crippen LogP contribution in [0.5, 0.6) is 0 Å². The van der Waals surface area contributed by atoms with Gasteiger partial charge in [-0.05, 0) is 35.8 Å². The highest BCUT2D eigenvalue weighted by atomic mass is 14.7. The summed E-state index contributed by atoms with van der Waals surface area (Å²) in [6.07, 6.45) is 4.35. The Kier molecular flexibility index (Phi) is 1.90. The molecule has 0 bridgehead atoms. The number of aromatic nitrogens is 1. The van der Waals surface area contributed by atoms with Crippen LogP contribution in [0.1, 0.15) is 44.4 Å². The monoisotopic (exact) mass is 175 g/mol. The smallest absolute Gasteiger partial charge is 0.0438 e. The fourth-order valence-corrected chi connectivity index (χ4v) is 2.31. The van der Waals surface area contributed by atoms with E-state index in [0.29, 0.717) is 11.3 Å². The minimum absolute atomic E-state index is 0.383. The van der Waals surface area contributed by atoms with Crippen molar-refractivity contribution in [3.63, 3.8) is 0 Å². The van der Waals surface area contributed by atoms with Gasteiger partial charge in [-0.1, -0.05) is 26.8 Å². The lowest BCUT2D eigenvalue weighted by molar-refractivity contribution is 0.319. The van der Waals surface area contributed by atoms with Gasteiger partial charge in [-0.2, -0.15) is 0 Å². The van der Waals surface area contributed by atoms with E-state index in [9.17, 15) is 0 Å². The minimum atomic E-state index is 0.383. The Hall–Kier alpha value is -0.850. The van der Waals surface area contributed by atoms with E-state index in [2.05, 4.69) is 37.9 Å². The van der Waals surface area contributed by atoms with Gasteiger partial charge in [0.15, 0.2) is 0 Å². The second-order valence-electron chi connectivity index (χ2n) is 5.00. The van der Waals surface area contributed by atoms with Crippen molar-refractivity contribution >= 4 is 0 Å². The summed E-state index contributed by atoms with van der Waals surface area (Å²) in [7, 11) is 0. The van der Waals surface area contributed by atoms with Crippen molar-refractivity contribution in [1.82, 2.24) is 4.98 Å². The SMILES string of the molecule is CC(C)(C)[C@H]1CCc2ncccc21. The van der Waals surface area contributed by atoms with E-state index < -0.39 is 0 Å². The van der Waals surface area contributed by atoms with Gasteiger partial charge >= 0.3 is 0 Å². The Morgan fingerprint density at radius 2 is 2.15 bits per heavy atom. The molecule has 0 saturated heterocycles. The maximum atomic E-state index is 4.42. The van der Waals surface area contributed by atoms with Gasteiger partial charge in [0.2, 0.25) is 0 Å². The largest absolute Gasteiger partial charge is 0.261 e. The van der Waals surface area contributed by atoms with Crippen molar-refractivity contribution in [1.29, 1.82) is 0 Å². The third kappa shape index (κ3) is 1.48. The van der Waals surface area contributed by atoms with Gasteiger partial charge in [0.25, 0.3) is 0 Å². The van der Waals surface area contributed by atoms with Crippen molar-refractivity contribution in [2.24, 2.45) is 5.41 Å². The maximum absolute atomic E-state index is 4.42. The van der Waals surface area contributed by atoms with Crippen molar-refractivity contribution < 1.29 is 0 Å². The lowest BCUT2D eigenvalue weighted by Crippen LogP contribution is -2.15. The molecular weight excluding hydrogens is 158 g/mol. The third-order valence-electron chi connectivity index (χ3n) is 3.02. The molecule has 1 aliphatic carbocycles. The van der Waals surface area contributed by atoms with Gasteiger partial charge in [-0.3, -0.25) is 4.98 Å². The van der Waals surface area contributed by atoms with Crippen LogP contribution < -0.4 is 0 Å². The molecule has 0 saturated carbocycles. The predicted molar refractivity (Wildman–Crippen MR) is 54.8 cm³/mol. The number of aryl methyl sites for hydroxylation is 1. The second kappa shape index (κ2) is 2.83. The summed E-state index contributed by atoms with van der Waals surface area (Å²) in [5, 5.41) is 0. The van der Waals surface area contributed by atoms with Crippen molar-refractivity contribution in [3.8, 4) is 0 Å². The zero-order valence-electron chi connectivity index (χ0n) is 8.67. The highest BCUT2D eigenvalue weighted by Crippen LogP contribution is 2.43. The van der Waals surface area contributed by atoms with Crippen LogP contribution in [-0.4, -0.2) is 4.98 Å². The van der Waals surface area contributed by atoms with Crippen LogP contribution in [0.25, 0.3) is 0 Å². The Bertz CT molecular complexity index is 309. The number of hydrogen-bond donors (Lipinski definition) is 0. The maximum Gasteiger partial charge on any atom is 0.0438 e. The van der Waals surface area contributed by atoms with Crippen LogP contribution in [0.3, 0.4) is 0 Å². The number of nitrogens with zero attached hydrogens (tertiary/aromatic N) is 1. The van der Waals surface area contributed by atoms with E-state index in [1.807, 2.05) is 6.20 Å². The predicted octanol–water partition coefficient (Wildman–Crippen LogP) is 3.16. The number of pyridine rings is 1. The zero-order valence-corrected chi connectivity index (χ0v) is 8.67. The standard InChI is InChI=1S/C12H17N/c1-12(2,3)10-6-7-11-9(10)5-4-8-13-11/h4-5,8,10H,6-7H2,1-3H3/t10-/m0/s1. The first-order valence-corrected chi connectivity index (χ1v) is 5.03. The van der Waals surface area contributed by atoms with E-state index in [1.54, 1.807) is 0 Å². The van der Waals surface area contributed by atoms with E-state index in [4.69, 9.17) is 0 Å². The van der Waals surface area contributed by atoms with Gasteiger partial charge in [0.1, 0.15) is 0 Å². The van der Waals surface area contributed by atoms with E-state index in [-0.39, 0.29) is 0 Å². The molecule has 13 heavy (non-hydrogen) atoms. The van der Waals surface area contributed by atoms with Crippen LogP contribution in [0.15, 0.2) is 18.3 Å². The average Bonchev–Trinajstić information content (AvgIpc) is 2.45. The summed E-state index contributed by atoms with van der Waals surface area (Å²) < 4.78 is 0. The Labute approximate surface area is 80.2 Å². The van der Waals surface area contributed by atoms with Crippen molar-refractivity contribution in [2.75, 3.05) is 0 Å². The van der Waals surface area contributed by atoms with Crippen molar-refractivity contribution in [3.05, 3.63) is 29.6 Å². The van der Waals surface area contributed by atoms with Crippen LogP contribution >= 0.6 is 0 Å². The molecule has 1 aromatic rings. The summed E-state index contributed by atoms with van der Waals surface area (Å²) in [5.41, 5.74) is 3.19. The summed E-state index contributed by atoms with van der Waals surface area (Å²) in [5.74, 6) is 0.705. The van der Waals surface area contributed by atoms with Gasteiger partial charge in [0.05, 0.1) is 0 Å². The second-order valence-corrected chi connectivity index (χ2v) is 5.00. The number of hydrogen-bond acceptors (Lipinski definition) is 1. The normalized spacial score (nSPS) is 21.6. The molecule has 1 heterocycles. The molecule has 2 rings (SSSR count). The van der Waals surface area contributed by atoms with Crippen LogP contribution in [0.2, 0.25) is 0 Å². The Balaban J connectivity index is 2.39.